The van der Waals surface area contributed by atoms with Crippen molar-refractivity contribution in [1.82, 2.24) is 20.3 Å². The van der Waals surface area contributed by atoms with E-state index in [4.69, 9.17) is 9.47 Å². The molecule has 2 N–H and O–H groups in total. The number of ether oxygens (including phenoxy) is 2. The third kappa shape index (κ3) is 3.25. The normalized spacial score (nSPS) is 16.5. The van der Waals surface area contributed by atoms with Crippen LogP contribution in [0.4, 0.5) is 10.5 Å². The number of anilines is 1. The third-order valence-corrected chi connectivity index (χ3v) is 4.92. The van der Waals surface area contributed by atoms with Gasteiger partial charge in [-0.05, 0) is 30.7 Å². The summed E-state index contributed by atoms with van der Waals surface area (Å²) < 4.78 is 10.9. The van der Waals surface area contributed by atoms with E-state index in [9.17, 15) is 4.79 Å². The van der Waals surface area contributed by atoms with Gasteiger partial charge in [-0.3, -0.25) is 0 Å². The zero-order valence-corrected chi connectivity index (χ0v) is 15.2. The van der Waals surface area contributed by atoms with Crippen LogP contribution in [-0.4, -0.2) is 53.7 Å². The second-order valence-electron chi connectivity index (χ2n) is 6.47. The number of hydrogen-bond acceptors (Lipinski definition) is 5. The van der Waals surface area contributed by atoms with Crippen molar-refractivity contribution in [2.75, 3.05) is 32.6 Å². The average Bonchev–Trinajstić information content (AvgIpc) is 3.36. The molecule has 8 nitrogen and oxygen atoms in total. The summed E-state index contributed by atoms with van der Waals surface area (Å²) in [5, 5.41) is 13.6. The van der Waals surface area contributed by atoms with Crippen molar-refractivity contribution in [3.63, 3.8) is 0 Å². The lowest BCUT2D eigenvalue weighted by Gasteiger charge is -2.19. The van der Waals surface area contributed by atoms with Crippen molar-refractivity contribution >= 4 is 22.8 Å². The number of carbonyl (C=O) groups is 1. The van der Waals surface area contributed by atoms with Gasteiger partial charge in [-0.1, -0.05) is 12.1 Å². The van der Waals surface area contributed by atoms with Crippen LogP contribution in [0.5, 0.6) is 11.5 Å². The highest BCUT2D eigenvalue weighted by atomic mass is 16.5. The van der Waals surface area contributed by atoms with Crippen LogP contribution >= 0.6 is 0 Å². The molecule has 3 aromatic rings. The Morgan fingerprint density at radius 3 is 2.85 bits per heavy atom. The van der Waals surface area contributed by atoms with Crippen molar-refractivity contribution < 1.29 is 14.3 Å². The lowest BCUT2D eigenvalue weighted by atomic mass is 9.97. The third-order valence-electron chi connectivity index (χ3n) is 4.92. The number of aromatic amines is 1. The van der Waals surface area contributed by atoms with Crippen LogP contribution in [0.25, 0.3) is 11.0 Å². The zero-order valence-electron chi connectivity index (χ0n) is 15.2. The minimum Gasteiger partial charge on any atom is -0.493 e. The van der Waals surface area contributed by atoms with Gasteiger partial charge in [-0.25, -0.2) is 4.79 Å². The van der Waals surface area contributed by atoms with Gasteiger partial charge < -0.3 is 19.7 Å². The summed E-state index contributed by atoms with van der Waals surface area (Å²) in [6.45, 7) is 1.31. The molecule has 1 aromatic heterocycles. The van der Waals surface area contributed by atoms with E-state index in [1.165, 1.54) is 0 Å². The maximum atomic E-state index is 12.7. The number of H-pyrrole nitrogens is 1. The zero-order chi connectivity index (χ0) is 18.8. The number of amides is 2. The Labute approximate surface area is 156 Å². The molecule has 2 heterocycles. The first kappa shape index (κ1) is 17.1. The molecule has 27 heavy (non-hydrogen) atoms. The second kappa shape index (κ2) is 7.14. The minimum absolute atomic E-state index is 0.123. The summed E-state index contributed by atoms with van der Waals surface area (Å²) in [6, 6.07) is 11.2. The van der Waals surface area contributed by atoms with Gasteiger partial charge in [0.15, 0.2) is 11.5 Å². The van der Waals surface area contributed by atoms with Crippen LogP contribution in [0.2, 0.25) is 0 Å². The molecular formula is C19H21N5O3. The number of nitrogens with zero attached hydrogens (tertiary/aromatic N) is 3. The van der Waals surface area contributed by atoms with E-state index in [0.29, 0.717) is 30.0 Å². The quantitative estimate of drug-likeness (QED) is 0.739. The highest BCUT2D eigenvalue weighted by Gasteiger charge is 2.30. The lowest BCUT2D eigenvalue weighted by Crippen LogP contribution is -2.32. The molecule has 0 saturated carbocycles. The molecule has 1 fully saturated rings. The molecule has 2 amide bonds. The highest BCUT2D eigenvalue weighted by Crippen LogP contribution is 2.39. The molecule has 4 rings (SSSR count). The Kier molecular flexibility index (Phi) is 4.53. The van der Waals surface area contributed by atoms with Gasteiger partial charge in [0.25, 0.3) is 0 Å². The first-order chi connectivity index (χ1) is 13.2. The van der Waals surface area contributed by atoms with Crippen molar-refractivity contribution in [2.24, 2.45) is 0 Å². The molecule has 1 atom stereocenters. The molecule has 2 aromatic carbocycles. The summed E-state index contributed by atoms with van der Waals surface area (Å²) in [6.07, 6.45) is 0.874. The number of urea groups is 1. The van der Waals surface area contributed by atoms with Crippen molar-refractivity contribution in [3.05, 3.63) is 42.0 Å². The SMILES string of the molecule is COc1cccc([C@@H]2CCN(C(=O)Nc3ccc4n[nH]nc4c3)C2)c1OC. The van der Waals surface area contributed by atoms with Crippen LogP contribution in [0.1, 0.15) is 17.9 Å². The fraction of sp³-hybridized carbons (Fsp3) is 0.316. The fourth-order valence-corrected chi connectivity index (χ4v) is 3.55. The summed E-state index contributed by atoms with van der Waals surface area (Å²) in [5.41, 5.74) is 3.24. The maximum Gasteiger partial charge on any atom is 0.321 e. The van der Waals surface area contributed by atoms with Gasteiger partial charge >= 0.3 is 6.03 Å². The number of methoxy groups -OCH3 is 2. The molecule has 0 unspecified atom stereocenters. The van der Waals surface area contributed by atoms with Gasteiger partial charge in [0.1, 0.15) is 11.0 Å². The Hall–Kier alpha value is -3.29. The monoisotopic (exact) mass is 367 g/mol. The molecule has 1 aliphatic heterocycles. The standard InChI is InChI=1S/C19H21N5O3/c1-26-17-5-3-4-14(18(17)27-2)12-8-9-24(11-12)19(25)20-13-6-7-15-16(10-13)22-23-21-15/h3-7,10,12H,8-9,11H2,1-2H3,(H,20,25)(H,21,22,23)/t12-/m1/s1. The Morgan fingerprint density at radius 1 is 1.19 bits per heavy atom. The second-order valence-corrected chi connectivity index (χ2v) is 6.47. The van der Waals surface area contributed by atoms with E-state index in [0.717, 1.165) is 23.3 Å². The minimum atomic E-state index is -0.123. The van der Waals surface area contributed by atoms with Crippen LogP contribution in [0, 0.1) is 0 Å². The van der Waals surface area contributed by atoms with E-state index in [-0.39, 0.29) is 11.9 Å². The number of carbonyl (C=O) groups excluding carboxylic acids is 1. The lowest BCUT2D eigenvalue weighted by molar-refractivity contribution is 0.222. The van der Waals surface area contributed by atoms with Crippen LogP contribution in [0.15, 0.2) is 36.4 Å². The van der Waals surface area contributed by atoms with Gasteiger partial charge in [0.2, 0.25) is 0 Å². The predicted octanol–water partition coefficient (Wildman–Crippen LogP) is 3.00. The molecule has 1 aliphatic rings. The van der Waals surface area contributed by atoms with Gasteiger partial charge in [-0.2, -0.15) is 15.4 Å². The first-order valence-corrected chi connectivity index (χ1v) is 8.77. The number of nitrogens with one attached hydrogen (secondary N) is 2. The summed E-state index contributed by atoms with van der Waals surface area (Å²) in [4.78, 5) is 14.5. The van der Waals surface area contributed by atoms with Gasteiger partial charge in [-0.15, -0.1) is 0 Å². The Bertz CT molecular complexity index is 971. The number of fused-ring (bicyclic) bond motifs is 1. The van der Waals surface area contributed by atoms with E-state index >= 15 is 0 Å². The summed E-state index contributed by atoms with van der Waals surface area (Å²) in [7, 11) is 3.27. The van der Waals surface area contributed by atoms with E-state index < -0.39 is 0 Å². The number of benzene rings is 2. The molecule has 1 saturated heterocycles. The molecular weight excluding hydrogens is 346 g/mol. The van der Waals surface area contributed by atoms with Crippen molar-refractivity contribution in [3.8, 4) is 11.5 Å². The maximum absolute atomic E-state index is 12.7. The summed E-state index contributed by atoms with van der Waals surface area (Å²) >= 11 is 0. The van der Waals surface area contributed by atoms with Crippen LogP contribution < -0.4 is 14.8 Å². The number of rotatable bonds is 4. The molecule has 0 aliphatic carbocycles. The largest absolute Gasteiger partial charge is 0.493 e. The Morgan fingerprint density at radius 2 is 2.04 bits per heavy atom. The molecule has 0 bridgehead atoms. The topological polar surface area (TPSA) is 92.4 Å². The number of aromatic nitrogens is 3. The van der Waals surface area contributed by atoms with Crippen LogP contribution in [-0.2, 0) is 0 Å². The molecule has 8 heteroatoms. The van der Waals surface area contributed by atoms with Gasteiger partial charge in [0, 0.05) is 30.3 Å². The molecule has 140 valence electrons. The van der Waals surface area contributed by atoms with Crippen molar-refractivity contribution in [1.29, 1.82) is 0 Å². The molecule has 0 radical (unpaired) electrons. The van der Waals surface area contributed by atoms with E-state index in [1.807, 2.05) is 35.2 Å². The first-order valence-electron chi connectivity index (χ1n) is 8.77. The van der Waals surface area contributed by atoms with Crippen molar-refractivity contribution in [2.45, 2.75) is 12.3 Å². The Balaban J connectivity index is 1.47. The number of likely N-dealkylation sites (tertiary alicyclic amines) is 1. The molecule has 0 spiro atoms. The highest BCUT2D eigenvalue weighted by molar-refractivity contribution is 5.92. The van der Waals surface area contributed by atoms with Crippen LogP contribution in [0.3, 0.4) is 0 Å². The number of para-hydroxylation sites is 1. The van der Waals surface area contributed by atoms with E-state index in [2.05, 4.69) is 20.7 Å². The number of hydrogen-bond donors (Lipinski definition) is 2. The average molecular weight is 367 g/mol. The van der Waals surface area contributed by atoms with E-state index in [1.54, 1.807) is 20.3 Å². The summed E-state index contributed by atoms with van der Waals surface area (Å²) in [5.74, 6) is 1.65. The fourth-order valence-electron chi connectivity index (χ4n) is 3.55. The van der Waals surface area contributed by atoms with Gasteiger partial charge in [0.05, 0.1) is 14.2 Å². The smallest absolute Gasteiger partial charge is 0.321 e. The predicted molar refractivity (Wildman–Crippen MR) is 101 cm³/mol.